The zero-order valence-electron chi connectivity index (χ0n) is 14.0. The van der Waals surface area contributed by atoms with E-state index in [0.29, 0.717) is 31.4 Å². The minimum Gasteiger partial charge on any atom is -0.496 e. The Balaban J connectivity index is 1.76. The monoisotopic (exact) mass is 404 g/mol. The zero-order chi connectivity index (χ0) is 18.2. The summed E-state index contributed by atoms with van der Waals surface area (Å²) in [6, 6.07) is 12.9. The first-order valence-electron chi connectivity index (χ1n) is 7.97. The lowest BCUT2D eigenvalue weighted by Crippen LogP contribution is -2.26. The molecule has 0 bridgehead atoms. The number of carbonyl (C=O) groups excluding carboxylic acids is 2. The van der Waals surface area contributed by atoms with E-state index < -0.39 is 5.91 Å². The number of ether oxygens (including phenoxy) is 1. The molecule has 0 aliphatic rings. The number of amides is 2. The van der Waals surface area contributed by atoms with Gasteiger partial charge in [-0.05, 0) is 64.2 Å². The largest absolute Gasteiger partial charge is 0.496 e. The fourth-order valence-electron chi connectivity index (χ4n) is 2.44. The predicted octanol–water partition coefficient (Wildman–Crippen LogP) is 2.85. The minimum absolute atomic E-state index is 0.00186. The van der Waals surface area contributed by atoms with Gasteiger partial charge in [0.2, 0.25) is 11.8 Å². The standard InChI is InChI=1S/C19H21BrN2O3/c1-25-17-7-5-14(12-16(17)20)6-8-18(23)22-10-9-13-3-2-4-15(11-13)19(21)24/h2-5,7,11-12H,6,8-10H2,1H3,(H2,21,24)(H,22,23). The van der Waals surface area contributed by atoms with E-state index in [0.717, 1.165) is 21.3 Å². The number of methoxy groups -OCH3 is 1. The lowest BCUT2D eigenvalue weighted by atomic mass is 10.1. The first-order valence-corrected chi connectivity index (χ1v) is 8.76. The summed E-state index contributed by atoms with van der Waals surface area (Å²) in [4.78, 5) is 23.1. The van der Waals surface area contributed by atoms with Crippen LogP contribution in [0.4, 0.5) is 0 Å². The Bertz CT molecular complexity index is 762. The minimum atomic E-state index is -0.448. The average molecular weight is 405 g/mol. The topological polar surface area (TPSA) is 81.4 Å². The summed E-state index contributed by atoms with van der Waals surface area (Å²) >= 11 is 3.44. The van der Waals surface area contributed by atoms with E-state index in [1.54, 1.807) is 25.3 Å². The number of benzene rings is 2. The molecule has 0 unspecified atom stereocenters. The average Bonchev–Trinajstić information content (AvgIpc) is 2.60. The molecule has 0 aliphatic carbocycles. The second-order valence-corrected chi connectivity index (χ2v) is 6.49. The molecule has 0 heterocycles. The summed E-state index contributed by atoms with van der Waals surface area (Å²) in [6.07, 6.45) is 1.73. The summed E-state index contributed by atoms with van der Waals surface area (Å²) < 4.78 is 6.07. The molecule has 2 aromatic rings. The maximum atomic E-state index is 12.0. The van der Waals surface area contributed by atoms with Crippen molar-refractivity contribution in [2.75, 3.05) is 13.7 Å². The SMILES string of the molecule is COc1ccc(CCC(=O)NCCc2cccc(C(N)=O)c2)cc1Br. The fourth-order valence-corrected chi connectivity index (χ4v) is 3.03. The molecule has 2 amide bonds. The van der Waals surface area contributed by atoms with E-state index in [-0.39, 0.29) is 5.91 Å². The highest BCUT2D eigenvalue weighted by Gasteiger charge is 2.06. The summed E-state index contributed by atoms with van der Waals surface area (Å²) in [5.74, 6) is 0.320. The van der Waals surface area contributed by atoms with Crippen molar-refractivity contribution in [3.8, 4) is 5.75 Å². The van der Waals surface area contributed by atoms with E-state index in [1.165, 1.54) is 0 Å². The van der Waals surface area contributed by atoms with E-state index in [1.807, 2.05) is 24.3 Å². The molecule has 132 valence electrons. The molecule has 0 atom stereocenters. The number of nitrogens with two attached hydrogens (primary N) is 1. The number of halogens is 1. The van der Waals surface area contributed by atoms with Gasteiger partial charge in [-0.15, -0.1) is 0 Å². The Morgan fingerprint density at radius 3 is 2.56 bits per heavy atom. The molecule has 5 nitrogen and oxygen atoms in total. The number of primary amides is 1. The van der Waals surface area contributed by atoms with Gasteiger partial charge in [0.1, 0.15) is 5.75 Å². The van der Waals surface area contributed by atoms with Gasteiger partial charge in [0, 0.05) is 18.5 Å². The number of hydrogen-bond acceptors (Lipinski definition) is 3. The van der Waals surface area contributed by atoms with Gasteiger partial charge < -0.3 is 15.8 Å². The van der Waals surface area contributed by atoms with Crippen molar-refractivity contribution in [3.63, 3.8) is 0 Å². The third kappa shape index (κ3) is 5.90. The van der Waals surface area contributed by atoms with Crippen LogP contribution in [0.1, 0.15) is 27.9 Å². The quantitative estimate of drug-likeness (QED) is 0.709. The van der Waals surface area contributed by atoms with Crippen molar-refractivity contribution in [3.05, 3.63) is 63.6 Å². The third-order valence-electron chi connectivity index (χ3n) is 3.80. The number of carbonyl (C=O) groups is 2. The zero-order valence-corrected chi connectivity index (χ0v) is 15.6. The van der Waals surface area contributed by atoms with Crippen LogP contribution in [0.5, 0.6) is 5.75 Å². The van der Waals surface area contributed by atoms with Gasteiger partial charge in [-0.2, -0.15) is 0 Å². The molecule has 0 saturated carbocycles. The molecule has 0 spiro atoms. The van der Waals surface area contributed by atoms with E-state index >= 15 is 0 Å². The molecule has 0 aliphatic heterocycles. The van der Waals surface area contributed by atoms with Gasteiger partial charge >= 0.3 is 0 Å². The Labute approximate surface area is 155 Å². The number of nitrogens with one attached hydrogen (secondary N) is 1. The Morgan fingerprint density at radius 2 is 1.88 bits per heavy atom. The van der Waals surface area contributed by atoms with Crippen molar-refractivity contribution < 1.29 is 14.3 Å². The smallest absolute Gasteiger partial charge is 0.248 e. The normalized spacial score (nSPS) is 10.3. The molecule has 25 heavy (non-hydrogen) atoms. The maximum absolute atomic E-state index is 12.0. The van der Waals surface area contributed by atoms with Gasteiger partial charge in [0.05, 0.1) is 11.6 Å². The number of rotatable bonds is 8. The highest BCUT2D eigenvalue weighted by Crippen LogP contribution is 2.25. The molecule has 0 fully saturated rings. The Kier molecular flexibility index (Phi) is 7.01. The fraction of sp³-hybridized carbons (Fsp3) is 0.263. The van der Waals surface area contributed by atoms with Crippen molar-refractivity contribution in [2.45, 2.75) is 19.3 Å². The van der Waals surface area contributed by atoms with Crippen LogP contribution in [0.3, 0.4) is 0 Å². The van der Waals surface area contributed by atoms with Crippen molar-refractivity contribution >= 4 is 27.7 Å². The summed E-state index contributed by atoms with van der Waals surface area (Å²) in [6.45, 7) is 0.521. The maximum Gasteiger partial charge on any atom is 0.248 e. The lowest BCUT2D eigenvalue weighted by molar-refractivity contribution is -0.121. The summed E-state index contributed by atoms with van der Waals surface area (Å²) in [7, 11) is 1.62. The molecular weight excluding hydrogens is 384 g/mol. The second-order valence-electron chi connectivity index (χ2n) is 5.63. The lowest BCUT2D eigenvalue weighted by Gasteiger charge is -2.08. The van der Waals surface area contributed by atoms with Crippen LogP contribution in [-0.2, 0) is 17.6 Å². The molecule has 2 aromatic carbocycles. The van der Waals surface area contributed by atoms with Gasteiger partial charge in [-0.25, -0.2) is 0 Å². The molecule has 0 aromatic heterocycles. The first kappa shape index (κ1) is 19.0. The van der Waals surface area contributed by atoms with E-state index in [4.69, 9.17) is 10.5 Å². The second kappa shape index (κ2) is 9.22. The molecular formula is C19H21BrN2O3. The van der Waals surface area contributed by atoms with Crippen LogP contribution in [0.25, 0.3) is 0 Å². The van der Waals surface area contributed by atoms with Crippen LogP contribution in [0.2, 0.25) is 0 Å². The Hall–Kier alpha value is -2.34. The van der Waals surface area contributed by atoms with Gasteiger partial charge in [0.15, 0.2) is 0 Å². The molecule has 0 radical (unpaired) electrons. The van der Waals surface area contributed by atoms with E-state index in [2.05, 4.69) is 21.2 Å². The van der Waals surface area contributed by atoms with Crippen LogP contribution in [-0.4, -0.2) is 25.5 Å². The molecule has 6 heteroatoms. The third-order valence-corrected chi connectivity index (χ3v) is 4.42. The predicted molar refractivity (Wildman–Crippen MR) is 101 cm³/mol. The van der Waals surface area contributed by atoms with Crippen molar-refractivity contribution in [2.24, 2.45) is 5.73 Å². The van der Waals surface area contributed by atoms with Gasteiger partial charge in [-0.3, -0.25) is 9.59 Å². The molecule has 3 N–H and O–H groups in total. The highest BCUT2D eigenvalue weighted by molar-refractivity contribution is 9.10. The summed E-state index contributed by atoms with van der Waals surface area (Å²) in [5.41, 5.74) is 7.78. The van der Waals surface area contributed by atoms with Crippen LogP contribution < -0.4 is 15.8 Å². The highest BCUT2D eigenvalue weighted by atomic mass is 79.9. The van der Waals surface area contributed by atoms with Crippen molar-refractivity contribution in [1.82, 2.24) is 5.32 Å². The van der Waals surface area contributed by atoms with Crippen molar-refractivity contribution in [1.29, 1.82) is 0 Å². The number of aryl methyl sites for hydroxylation is 1. The van der Waals surface area contributed by atoms with Crippen LogP contribution in [0.15, 0.2) is 46.9 Å². The molecule has 2 rings (SSSR count). The van der Waals surface area contributed by atoms with Gasteiger partial charge in [0.25, 0.3) is 0 Å². The van der Waals surface area contributed by atoms with Crippen LogP contribution in [0, 0.1) is 0 Å². The Morgan fingerprint density at radius 1 is 1.12 bits per heavy atom. The van der Waals surface area contributed by atoms with E-state index in [9.17, 15) is 9.59 Å². The van der Waals surface area contributed by atoms with Crippen LogP contribution >= 0.6 is 15.9 Å². The summed E-state index contributed by atoms with van der Waals surface area (Å²) in [5, 5.41) is 2.90. The first-order chi connectivity index (χ1) is 12.0. The number of hydrogen-bond donors (Lipinski definition) is 2. The van der Waals surface area contributed by atoms with Gasteiger partial charge in [-0.1, -0.05) is 18.2 Å². The molecule has 0 saturated heterocycles.